The SMILES string of the molecule is O=C(CC[NH+]1CCCCC1)Nc1ccc(Br)cc1C(=O)c1ccccc1. The molecule has 2 N–H and O–H groups in total. The predicted octanol–water partition coefficient (Wildman–Crippen LogP) is 3.08. The second kappa shape index (κ2) is 9.10. The zero-order valence-electron chi connectivity index (χ0n) is 14.8. The van der Waals surface area contributed by atoms with Gasteiger partial charge in [0.25, 0.3) is 0 Å². The normalized spacial score (nSPS) is 14.8. The highest BCUT2D eigenvalue weighted by Crippen LogP contribution is 2.24. The summed E-state index contributed by atoms with van der Waals surface area (Å²) in [5.74, 6) is -0.128. The van der Waals surface area contributed by atoms with Crippen molar-refractivity contribution in [1.82, 2.24) is 0 Å². The molecular formula is C21H24BrN2O2+. The van der Waals surface area contributed by atoms with Gasteiger partial charge in [-0.05, 0) is 37.5 Å². The Balaban J connectivity index is 1.69. The average Bonchev–Trinajstić information content (AvgIpc) is 2.69. The molecule has 3 rings (SSSR count). The van der Waals surface area contributed by atoms with Gasteiger partial charge in [0.1, 0.15) is 0 Å². The first-order valence-corrected chi connectivity index (χ1v) is 9.95. The third-order valence-electron chi connectivity index (χ3n) is 4.80. The number of anilines is 1. The van der Waals surface area contributed by atoms with Crippen LogP contribution < -0.4 is 10.2 Å². The molecule has 1 heterocycles. The van der Waals surface area contributed by atoms with Gasteiger partial charge >= 0.3 is 0 Å². The quantitative estimate of drug-likeness (QED) is 0.712. The maximum atomic E-state index is 12.8. The molecule has 0 bridgehead atoms. The van der Waals surface area contributed by atoms with E-state index in [1.54, 1.807) is 24.3 Å². The lowest BCUT2D eigenvalue weighted by Gasteiger charge is -2.23. The summed E-state index contributed by atoms with van der Waals surface area (Å²) >= 11 is 3.42. The Morgan fingerprint density at radius 3 is 2.46 bits per heavy atom. The number of carbonyl (C=O) groups is 2. The number of benzene rings is 2. The first-order valence-electron chi connectivity index (χ1n) is 9.16. The van der Waals surface area contributed by atoms with Gasteiger partial charge < -0.3 is 10.2 Å². The van der Waals surface area contributed by atoms with Gasteiger partial charge in [-0.15, -0.1) is 0 Å². The number of hydrogen-bond acceptors (Lipinski definition) is 2. The summed E-state index contributed by atoms with van der Waals surface area (Å²) in [6.45, 7) is 3.16. The fraction of sp³-hybridized carbons (Fsp3) is 0.333. The number of likely N-dealkylation sites (tertiary alicyclic amines) is 1. The Kier molecular flexibility index (Phi) is 6.58. The molecule has 0 saturated carbocycles. The zero-order chi connectivity index (χ0) is 18.4. The van der Waals surface area contributed by atoms with Crippen LogP contribution in [0.25, 0.3) is 0 Å². The molecule has 0 aromatic heterocycles. The molecule has 1 amide bonds. The fourth-order valence-corrected chi connectivity index (χ4v) is 3.72. The molecule has 0 unspecified atom stereocenters. The van der Waals surface area contributed by atoms with Crippen LogP contribution in [0.15, 0.2) is 53.0 Å². The minimum Gasteiger partial charge on any atom is -0.335 e. The standard InChI is InChI=1S/C21H23BrN2O2/c22-17-9-10-19(18(15-17)21(26)16-7-3-1-4-8-16)23-20(25)11-14-24-12-5-2-6-13-24/h1,3-4,7-10,15H,2,5-6,11-14H2,(H,23,25)/p+1. The van der Waals surface area contributed by atoms with E-state index in [0.29, 0.717) is 23.2 Å². The first kappa shape index (κ1) is 18.8. The molecule has 1 aliphatic heterocycles. The number of rotatable bonds is 6. The van der Waals surface area contributed by atoms with Gasteiger partial charge in [-0.1, -0.05) is 46.3 Å². The summed E-state index contributed by atoms with van der Waals surface area (Å²) in [4.78, 5) is 26.7. The first-order chi connectivity index (χ1) is 12.6. The number of amides is 1. The van der Waals surface area contributed by atoms with Crippen molar-refractivity contribution in [2.75, 3.05) is 25.0 Å². The lowest BCUT2D eigenvalue weighted by molar-refractivity contribution is -0.904. The van der Waals surface area contributed by atoms with Gasteiger partial charge in [-0.3, -0.25) is 9.59 Å². The van der Waals surface area contributed by atoms with E-state index < -0.39 is 0 Å². The Morgan fingerprint density at radius 2 is 1.73 bits per heavy atom. The monoisotopic (exact) mass is 415 g/mol. The zero-order valence-corrected chi connectivity index (χ0v) is 16.3. The molecule has 4 nitrogen and oxygen atoms in total. The van der Waals surface area contributed by atoms with Crippen molar-refractivity contribution in [2.24, 2.45) is 0 Å². The van der Waals surface area contributed by atoms with E-state index in [9.17, 15) is 9.59 Å². The number of quaternary nitrogens is 1. The highest BCUT2D eigenvalue weighted by atomic mass is 79.9. The highest BCUT2D eigenvalue weighted by molar-refractivity contribution is 9.10. The van der Waals surface area contributed by atoms with E-state index in [4.69, 9.17) is 0 Å². The highest BCUT2D eigenvalue weighted by Gasteiger charge is 2.18. The fourth-order valence-electron chi connectivity index (χ4n) is 3.36. The van der Waals surface area contributed by atoms with Crippen LogP contribution in [0, 0.1) is 0 Å². The summed E-state index contributed by atoms with van der Waals surface area (Å²) in [6, 6.07) is 14.5. The van der Waals surface area contributed by atoms with Crippen molar-refractivity contribution < 1.29 is 14.5 Å². The largest absolute Gasteiger partial charge is 0.335 e. The Labute approximate surface area is 162 Å². The van der Waals surface area contributed by atoms with Gasteiger partial charge in [-0.25, -0.2) is 0 Å². The maximum Gasteiger partial charge on any atom is 0.230 e. The molecule has 136 valence electrons. The van der Waals surface area contributed by atoms with E-state index >= 15 is 0 Å². The van der Waals surface area contributed by atoms with Crippen molar-refractivity contribution in [1.29, 1.82) is 0 Å². The number of nitrogens with one attached hydrogen (secondary N) is 2. The van der Waals surface area contributed by atoms with Crippen LogP contribution in [0.5, 0.6) is 0 Å². The lowest BCUT2D eigenvalue weighted by atomic mass is 10.0. The summed E-state index contributed by atoms with van der Waals surface area (Å²) in [6.07, 6.45) is 4.28. The Hall–Kier alpha value is -1.98. The van der Waals surface area contributed by atoms with Crippen molar-refractivity contribution >= 4 is 33.3 Å². The van der Waals surface area contributed by atoms with E-state index in [1.165, 1.54) is 24.2 Å². The molecule has 0 aliphatic carbocycles. The summed E-state index contributed by atoms with van der Waals surface area (Å²) in [7, 11) is 0. The van der Waals surface area contributed by atoms with E-state index in [1.807, 2.05) is 24.3 Å². The Morgan fingerprint density at radius 1 is 1.00 bits per heavy atom. The molecule has 0 radical (unpaired) electrons. The average molecular weight is 416 g/mol. The predicted molar refractivity (Wildman–Crippen MR) is 107 cm³/mol. The molecule has 1 saturated heterocycles. The summed E-state index contributed by atoms with van der Waals surface area (Å²) in [5, 5.41) is 2.93. The second-order valence-electron chi connectivity index (χ2n) is 6.74. The molecule has 0 atom stereocenters. The number of carbonyl (C=O) groups excluding carboxylic acids is 2. The molecule has 2 aromatic carbocycles. The van der Waals surface area contributed by atoms with Crippen molar-refractivity contribution in [3.63, 3.8) is 0 Å². The molecule has 5 heteroatoms. The minimum atomic E-state index is -0.0937. The van der Waals surface area contributed by atoms with Crippen LogP contribution in [0.3, 0.4) is 0 Å². The minimum absolute atomic E-state index is 0.0347. The van der Waals surface area contributed by atoms with E-state index in [-0.39, 0.29) is 11.7 Å². The van der Waals surface area contributed by atoms with Crippen LogP contribution in [-0.4, -0.2) is 31.3 Å². The van der Waals surface area contributed by atoms with Gasteiger partial charge in [0.15, 0.2) is 5.78 Å². The lowest BCUT2D eigenvalue weighted by Crippen LogP contribution is -3.12. The van der Waals surface area contributed by atoms with Gasteiger partial charge in [0.2, 0.25) is 5.91 Å². The number of ketones is 1. The van der Waals surface area contributed by atoms with Crippen LogP contribution in [0.2, 0.25) is 0 Å². The molecule has 2 aromatic rings. The Bertz CT molecular complexity index is 771. The van der Waals surface area contributed by atoms with Crippen molar-refractivity contribution in [3.8, 4) is 0 Å². The number of piperidine rings is 1. The molecule has 26 heavy (non-hydrogen) atoms. The number of halogens is 1. The van der Waals surface area contributed by atoms with E-state index in [2.05, 4.69) is 21.2 Å². The third-order valence-corrected chi connectivity index (χ3v) is 5.30. The van der Waals surface area contributed by atoms with Crippen LogP contribution in [0.1, 0.15) is 41.6 Å². The van der Waals surface area contributed by atoms with Gasteiger partial charge in [0.05, 0.1) is 31.7 Å². The van der Waals surface area contributed by atoms with Crippen molar-refractivity contribution in [3.05, 3.63) is 64.1 Å². The topological polar surface area (TPSA) is 50.6 Å². The van der Waals surface area contributed by atoms with Crippen LogP contribution in [0.4, 0.5) is 5.69 Å². The third kappa shape index (κ3) is 5.02. The van der Waals surface area contributed by atoms with Gasteiger partial charge in [0, 0.05) is 15.6 Å². The number of hydrogen-bond donors (Lipinski definition) is 2. The second-order valence-corrected chi connectivity index (χ2v) is 7.66. The smallest absolute Gasteiger partial charge is 0.230 e. The van der Waals surface area contributed by atoms with E-state index in [0.717, 1.165) is 24.1 Å². The van der Waals surface area contributed by atoms with Crippen molar-refractivity contribution in [2.45, 2.75) is 25.7 Å². The molecule has 0 spiro atoms. The van der Waals surface area contributed by atoms with Gasteiger partial charge in [-0.2, -0.15) is 0 Å². The van der Waals surface area contributed by atoms with Crippen LogP contribution in [-0.2, 0) is 4.79 Å². The molecule has 1 aliphatic rings. The molecular weight excluding hydrogens is 392 g/mol. The molecule has 1 fully saturated rings. The summed E-state index contributed by atoms with van der Waals surface area (Å²) in [5.41, 5.74) is 1.68. The summed E-state index contributed by atoms with van der Waals surface area (Å²) < 4.78 is 0.813. The maximum absolute atomic E-state index is 12.8. The van der Waals surface area contributed by atoms with Crippen LogP contribution >= 0.6 is 15.9 Å².